The quantitative estimate of drug-likeness (QED) is 0.762. The lowest BCUT2D eigenvalue weighted by molar-refractivity contribution is 0.0724. The Bertz CT molecular complexity index is 504. The average molecular weight is 207 g/mol. The van der Waals surface area contributed by atoms with Crippen molar-refractivity contribution in [3.63, 3.8) is 0 Å². The fourth-order valence-electron chi connectivity index (χ4n) is 2.02. The minimum atomic E-state index is -0.406. The lowest BCUT2D eigenvalue weighted by Crippen LogP contribution is -2.28. The zero-order valence-electron chi connectivity index (χ0n) is 7.97. The highest BCUT2D eigenvalue weighted by Gasteiger charge is 2.30. The average Bonchev–Trinajstić information content (AvgIpc) is 2.56. The first-order valence-electron chi connectivity index (χ1n) is 4.92. The zero-order valence-corrected chi connectivity index (χ0v) is 7.97. The molecule has 0 aliphatic heterocycles. The summed E-state index contributed by atoms with van der Waals surface area (Å²) in [6.07, 6.45) is 3.97. The van der Waals surface area contributed by atoms with Crippen molar-refractivity contribution < 1.29 is 9.50 Å². The normalized spacial score (nSPS) is 25.5. The molecule has 0 atom stereocenters. The molecule has 1 aliphatic carbocycles. The highest BCUT2D eigenvalue weighted by atomic mass is 19.1. The number of aliphatic hydroxyl groups is 1. The predicted octanol–water partition coefficient (Wildman–Crippen LogP) is 1.11. The first-order valence-corrected chi connectivity index (χ1v) is 4.92. The van der Waals surface area contributed by atoms with E-state index < -0.39 is 5.82 Å². The van der Waals surface area contributed by atoms with Crippen molar-refractivity contribution in [3.05, 3.63) is 30.0 Å². The topological polar surface area (TPSA) is 50.4 Å². The summed E-state index contributed by atoms with van der Waals surface area (Å²) in [4.78, 5) is 3.92. The molecule has 1 saturated carbocycles. The summed E-state index contributed by atoms with van der Waals surface area (Å²) in [6, 6.07) is 1.83. The van der Waals surface area contributed by atoms with Gasteiger partial charge in [0.2, 0.25) is 0 Å². The maximum atomic E-state index is 13.2. The van der Waals surface area contributed by atoms with E-state index in [0.29, 0.717) is 0 Å². The Labute approximate surface area is 85.4 Å². The van der Waals surface area contributed by atoms with Gasteiger partial charge in [-0.2, -0.15) is 5.10 Å². The molecule has 1 aliphatic rings. The molecule has 1 fully saturated rings. The number of aliphatic hydroxyl groups excluding tert-OH is 1. The predicted molar refractivity (Wildman–Crippen MR) is 50.9 cm³/mol. The molecule has 5 heteroatoms. The lowest BCUT2D eigenvalue weighted by atomic mass is 9.80. The lowest BCUT2D eigenvalue weighted by Gasteiger charge is -2.31. The second-order valence-corrected chi connectivity index (χ2v) is 3.92. The van der Waals surface area contributed by atoms with Gasteiger partial charge < -0.3 is 5.11 Å². The molecule has 1 N–H and O–H groups in total. The summed E-state index contributed by atoms with van der Waals surface area (Å²) < 4.78 is 14.7. The number of nitrogens with zero attached hydrogens (tertiary/aromatic N) is 3. The summed E-state index contributed by atoms with van der Waals surface area (Å²) in [5, 5.41) is 13.2. The standard InChI is InChI=1S/C10H10FN3O/c11-8-5-13-14-9(1-2-12-10(8)14)6-3-7(15)4-6/h1-2,5-7,15H,3-4H2. The summed E-state index contributed by atoms with van der Waals surface area (Å²) in [5.41, 5.74) is 1.18. The van der Waals surface area contributed by atoms with Crippen molar-refractivity contribution in [2.75, 3.05) is 0 Å². The van der Waals surface area contributed by atoms with Crippen molar-refractivity contribution in [1.82, 2.24) is 14.6 Å². The molecular formula is C10H10FN3O. The van der Waals surface area contributed by atoms with Crippen LogP contribution >= 0.6 is 0 Å². The molecule has 0 bridgehead atoms. The van der Waals surface area contributed by atoms with Gasteiger partial charge >= 0.3 is 0 Å². The van der Waals surface area contributed by atoms with Crippen LogP contribution in [0.3, 0.4) is 0 Å². The molecule has 0 amide bonds. The fourth-order valence-corrected chi connectivity index (χ4v) is 2.02. The minimum absolute atomic E-state index is 0.223. The van der Waals surface area contributed by atoms with Crippen LogP contribution in [0.15, 0.2) is 18.5 Å². The number of hydrogen-bond acceptors (Lipinski definition) is 3. The van der Waals surface area contributed by atoms with Crippen LogP contribution in [0, 0.1) is 5.82 Å². The molecule has 0 spiro atoms. The van der Waals surface area contributed by atoms with E-state index in [2.05, 4.69) is 10.1 Å². The van der Waals surface area contributed by atoms with Crippen LogP contribution in [0.4, 0.5) is 4.39 Å². The Kier molecular flexibility index (Phi) is 1.76. The first kappa shape index (κ1) is 8.79. The monoisotopic (exact) mass is 207 g/mol. The Hall–Kier alpha value is -1.49. The molecule has 0 saturated heterocycles. The Morgan fingerprint density at radius 3 is 3.00 bits per heavy atom. The van der Waals surface area contributed by atoms with Crippen LogP contribution in [0.25, 0.3) is 5.65 Å². The number of hydrogen-bond donors (Lipinski definition) is 1. The van der Waals surface area contributed by atoms with Crippen LogP contribution in [0.1, 0.15) is 24.5 Å². The third-order valence-electron chi connectivity index (χ3n) is 2.92. The number of halogens is 1. The summed E-state index contributed by atoms with van der Waals surface area (Å²) in [6.45, 7) is 0. The molecular weight excluding hydrogens is 197 g/mol. The highest BCUT2D eigenvalue weighted by Crippen LogP contribution is 2.36. The van der Waals surface area contributed by atoms with E-state index in [1.807, 2.05) is 6.07 Å². The van der Waals surface area contributed by atoms with Gasteiger partial charge in [0.1, 0.15) is 0 Å². The van der Waals surface area contributed by atoms with Crippen molar-refractivity contribution in [1.29, 1.82) is 0 Å². The molecule has 2 aromatic heterocycles. The number of rotatable bonds is 1. The van der Waals surface area contributed by atoms with Crippen molar-refractivity contribution in [3.8, 4) is 0 Å². The van der Waals surface area contributed by atoms with Crippen LogP contribution in [0.5, 0.6) is 0 Å². The second kappa shape index (κ2) is 3.00. The number of fused-ring (bicyclic) bond motifs is 1. The van der Waals surface area contributed by atoms with Crippen molar-refractivity contribution in [2.24, 2.45) is 0 Å². The Balaban J connectivity index is 2.10. The van der Waals surface area contributed by atoms with Gasteiger partial charge in [-0.25, -0.2) is 13.9 Å². The Morgan fingerprint density at radius 1 is 1.47 bits per heavy atom. The van der Waals surface area contributed by atoms with Crippen LogP contribution in [0.2, 0.25) is 0 Å². The van der Waals surface area contributed by atoms with Gasteiger partial charge in [-0.1, -0.05) is 0 Å². The SMILES string of the molecule is OC1CC(c2ccnc3c(F)cnn23)C1. The maximum absolute atomic E-state index is 13.2. The van der Waals surface area contributed by atoms with Crippen molar-refractivity contribution >= 4 is 5.65 Å². The summed E-state index contributed by atoms with van der Waals surface area (Å²) in [7, 11) is 0. The van der Waals surface area contributed by atoms with Gasteiger partial charge in [0, 0.05) is 17.8 Å². The molecule has 2 heterocycles. The minimum Gasteiger partial charge on any atom is -0.393 e. The van der Waals surface area contributed by atoms with Gasteiger partial charge in [0.05, 0.1) is 12.3 Å². The van der Waals surface area contributed by atoms with Crippen LogP contribution < -0.4 is 0 Å². The van der Waals surface area contributed by atoms with Gasteiger partial charge in [-0.15, -0.1) is 0 Å². The Morgan fingerprint density at radius 2 is 2.27 bits per heavy atom. The first-order chi connectivity index (χ1) is 7.25. The molecule has 3 rings (SSSR count). The molecule has 0 radical (unpaired) electrons. The highest BCUT2D eigenvalue weighted by molar-refractivity contribution is 5.39. The van der Waals surface area contributed by atoms with E-state index in [0.717, 1.165) is 18.5 Å². The van der Waals surface area contributed by atoms with E-state index in [4.69, 9.17) is 0 Å². The molecule has 4 nitrogen and oxygen atoms in total. The van der Waals surface area contributed by atoms with E-state index in [9.17, 15) is 9.50 Å². The summed E-state index contributed by atoms with van der Waals surface area (Å²) >= 11 is 0. The van der Waals surface area contributed by atoms with Gasteiger partial charge in [0.15, 0.2) is 11.5 Å². The smallest absolute Gasteiger partial charge is 0.191 e. The van der Waals surface area contributed by atoms with Gasteiger partial charge in [-0.3, -0.25) is 0 Å². The van der Waals surface area contributed by atoms with Crippen LogP contribution in [-0.4, -0.2) is 25.8 Å². The van der Waals surface area contributed by atoms with Gasteiger partial charge in [-0.05, 0) is 18.9 Å². The molecule has 0 unspecified atom stereocenters. The molecule has 15 heavy (non-hydrogen) atoms. The van der Waals surface area contributed by atoms with E-state index >= 15 is 0 Å². The molecule has 78 valence electrons. The fraction of sp³-hybridized carbons (Fsp3) is 0.400. The third-order valence-corrected chi connectivity index (χ3v) is 2.92. The maximum Gasteiger partial charge on any atom is 0.191 e. The van der Waals surface area contributed by atoms with Crippen LogP contribution in [-0.2, 0) is 0 Å². The van der Waals surface area contributed by atoms with Crippen molar-refractivity contribution in [2.45, 2.75) is 24.9 Å². The van der Waals surface area contributed by atoms with E-state index in [1.165, 1.54) is 10.7 Å². The second-order valence-electron chi connectivity index (χ2n) is 3.92. The molecule has 2 aromatic rings. The third kappa shape index (κ3) is 1.23. The van der Waals surface area contributed by atoms with E-state index in [1.54, 1.807) is 6.20 Å². The van der Waals surface area contributed by atoms with E-state index in [-0.39, 0.29) is 17.7 Å². The largest absolute Gasteiger partial charge is 0.393 e. The summed E-state index contributed by atoms with van der Waals surface area (Å²) in [5.74, 6) is -0.137. The number of aromatic nitrogens is 3. The zero-order chi connectivity index (χ0) is 10.4. The van der Waals surface area contributed by atoms with Gasteiger partial charge in [0.25, 0.3) is 0 Å². The molecule has 0 aromatic carbocycles.